The van der Waals surface area contributed by atoms with Crippen LogP contribution in [-0.2, 0) is 4.79 Å². The van der Waals surface area contributed by atoms with Crippen molar-refractivity contribution >= 4 is 17.8 Å². The fourth-order valence-corrected chi connectivity index (χ4v) is 3.61. The van der Waals surface area contributed by atoms with Crippen molar-refractivity contribution in [1.29, 1.82) is 0 Å². The van der Waals surface area contributed by atoms with Crippen LogP contribution in [-0.4, -0.2) is 39.4 Å². The normalized spacial score (nSPS) is 10.6. The van der Waals surface area contributed by atoms with Crippen molar-refractivity contribution < 1.29 is 14.0 Å². The molecule has 35 heavy (non-hydrogen) atoms. The summed E-state index contributed by atoms with van der Waals surface area (Å²) >= 11 is 0. The lowest BCUT2D eigenvalue weighted by atomic mass is 10.1. The molecule has 4 aromatic rings. The van der Waals surface area contributed by atoms with Crippen molar-refractivity contribution in [3.8, 4) is 16.9 Å². The lowest BCUT2D eigenvalue weighted by Crippen LogP contribution is -2.38. The van der Waals surface area contributed by atoms with Gasteiger partial charge in [0.1, 0.15) is 12.4 Å². The minimum absolute atomic E-state index is 0.185. The van der Waals surface area contributed by atoms with Crippen LogP contribution >= 0.6 is 0 Å². The van der Waals surface area contributed by atoms with E-state index in [0.29, 0.717) is 16.9 Å². The van der Waals surface area contributed by atoms with E-state index in [1.165, 1.54) is 17.0 Å². The van der Waals surface area contributed by atoms with Gasteiger partial charge in [-0.25, -0.2) is 9.37 Å². The second-order valence-electron chi connectivity index (χ2n) is 8.05. The van der Waals surface area contributed by atoms with Gasteiger partial charge in [0.05, 0.1) is 5.69 Å². The van der Waals surface area contributed by atoms with Crippen LogP contribution in [0.1, 0.15) is 15.9 Å². The van der Waals surface area contributed by atoms with Crippen LogP contribution < -0.4 is 5.32 Å². The third-order valence-electron chi connectivity index (χ3n) is 5.40. The Hall–Kier alpha value is -4.52. The first-order valence-electron chi connectivity index (χ1n) is 11.1. The molecule has 0 atom stereocenters. The second kappa shape index (κ2) is 10.6. The first-order valence-corrected chi connectivity index (χ1v) is 11.1. The summed E-state index contributed by atoms with van der Waals surface area (Å²) in [7, 11) is 0. The van der Waals surface area contributed by atoms with Crippen molar-refractivity contribution in [2.45, 2.75) is 6.92 Å². The molecule has 6 nitrogen and oxygen atoms in total. The highest BCUT2D eigenvalue weighted by Gasteiger charge is 2.20. The monoisotopic (exact) mass is 468 g/mol. The van der Waals surface area contributed by atoms with Crippen LogP contribution in [0.5, 0.6) is 0 Å². The predicted molar refractivity (Wildman–Crippen MR) is 135 cm³/mol. The molecule has 1 N–H and O–H groups in total. The molecule has 1 heterocycles. The summed E-state index contributed by atoms with van der Waals surface area (Å²) in [6, 6.07) is 22.6. The van der Waals surface area contributed by atoms with E-state index >= 15 is 0 Å². The van der Waals surface area contributed by atoms with Crippen molar-refractivity contribution in [2.24, 2.45) is 0 Å². The number of carbonyl (C=O) groups excluding carboxylic acids is 2. The Kier molecular flexibility index (Phi) is 7.16. The maximum atomic E-state index is 13.5. The third-order valence-corrected chi connectivity index (χ3v) is 5.40. The molecule has 0 spiro atoms. The Labute approximate surface area is 203 Å². The zero-order chi connectivity index (χ0) is 24.8. The molecule has 4 rings (SSSR count). The van der Waals surface area contributed by atoms with Gasteiger partial charge in [-0.1, -0.05) is 54.1 Å². The summed E-state index contributed by atoms with van der Waals surface area (Å²) in [5, 5.41) is 2.81. The lowest BCUT2D eigenvalue weighted by molar-refractivity contribution is -0.116. The highest BCUT2D eigenvalue weighted by molar-refractivity contribution is 5.99. The van der Waals surface area contributed by atoms with Crippen LogP contribution in [0, 0.1) is 12.7 Å². The number of rotatable bonds is 8. The average molecular weight is 469 g/mol. The number of carbonyl (C=O) groups is 2. The summed E-state index contributed by atoms with van der Waals surface area (Å²) in [5.41, 5.74) is 3.67. The van der Waals surface area contributed by atoms with Crippen molar-refractivity contribution in [3.05, 3.63) is 115 Å². The zero-order valence-corrected chi connectivity index (χ0v) is 19.3. The first kappa shape index (κ1) is 23.6. The molecule has 176 valence electrons. The first-order chi connectivity index (χ1) is 16.9. The molecule has 2 amide bonds. The number of anilines is 1. The highest BCUT2D eigenvalue weighted by atomic mass is 19.1. The van der Waals surface area contributed by atoms with Gasteiger partial charge >= 0.3 is 0 Å². The smallest absolute Gasteiger partial charge is 0.254 e. The Bertz CT molecular complexity index is 1330. The maximum absolute atomic E-state index is 13.5. The Morgan fingerprint density at radius 2 is 1.71 bits per heavy atom. The average Bonchev–Trinajstić information content (AvgIpc) is 3.28. The van der Waals surface area contributed by atoms with Crippen molar-refractivity contribution in [1.82, 2.24) is 14.5 Å². The van der Waals surface area contributed by atoms with E-state index in [1.54, 1.807) is 41.1 Å². The van der Waals surface area contributed by atoms with Gasteiger partial charge in [-0.05, 0) is 43.3 Å². The lowest BCUT2D eigenvalue weighted by Gasteiger charge is -2.21. The van der Waals surface area contributed by atoms with Gasteiger partial charge in [0, 0.05) is 29.6 Å². The molecule has 0 saturated carbocycles. The van der Waals surface area contributed by atoms with E-state index in [4.69, 9.17) is 0 Å². The molecule has 0 aliphatic rings. The predicted octanol–water partition coefficient (Wildman–Crippen LogP) is 5.25. The van der Waals surface area contributed by atoms with E-state index in [2.05, 4.69) is 16.9 Å². The van der Waals surface area contributed by atoms with Crippen LogP contribution in [0.4, 0.5) is 10.3 Å². The van der Waals surface area contributed by atoms with E-state index in [1.807, 2.05) is 49.4 Å². The number of halogens is 1. The molecule has 7 heteroatoms. The Balaban J connectivity index is 1.59. The van der Waals surface area contributed by atoms with Gasteiger partial charge in [0.15, 0.2) is 0 Å². The molecular formula is C28H25FN4O2. The summed E-state index contributed by atoms with van der Waals surface area (Å²) in [4.78, 5) is 32.0. The fraction of sp³-hybridized carbons (Fsp3) is 0.107. The SMILES string of the molecule is C=CCN(CC(=O)Nc1nc(-c2ccccc2)cn1-c1ccc(F)cc1)C(=O)c1ccc(C)cc1. The molecule has 3 aromatic carbocycles. The van der Waals surface area contributed by atoms with E-state index < -0.39 is 5.91 Å². The molecule has 1 aromatic heterocycles. The number of imidazole rings is 1. The maximum Gasteiger partial charge on any atom is 0.254 e. The Morgan fingerprint density at radius 1 is 1.03 bits per heavy atom. The van der Waals surface area contributed by atoms with E-state index in [9.17, 15) is 14.0 Å². The summed E-state index contributed by atoms with van der Waals surface area (Å²) < 4.78 is 15.2. The third kappa shape index (κ3) is 5.70. The summed E-state index contributed by atoms with van der Waals surface area (Å²) in [5.74, 6) is -0.785. The largest absolute Gasteiger partial charge is 0.326 e. The van der Waals surface area contributed by atoms with Crippen molar-refractivity contribution in [2.75, 3.05) is 18.4 Å². The zero-order valence-electron chi connectivity index (χ0n) is 19.3. The molecule has 0 bridgehead atoms. The summed E-state index contributed by atoms with van der Waals surface area (Å²) in [6.07, 6.45) is 3.35. The number of hydrogen-bond acceptors (Lipinski definition) is 3. The molecular weight excluding hydrogens is 443 g/mol. The number of aryl methyl sites for hydroxylation is 1. The van der Waals surface area contributed by atoms with Crippen LogP contribution in [0.2, 0.25) is 0 Å². The van der Waals surface area contributed by atoms with Crippen LogP contribution in [0.15, 0.2) is 97.7 Å². The van der Waals surface area contributed by atoms with E-state index in [-0.39, 0.29) is 30.8 Å². The Morgan fingerprint density at radius 3 is 2.37 bits per heavy atom. The standard InChI is InChI=1S/C28H25FN4O2/c1-3-17-32(27(35)22-11-9-20(2)10-12-22)19-26(34)31-28-30-25(21-7-5-4-6-8-21)18-33(28)24-15-13-23(29)14-16-24/h3-16,18H,1,17,19H2,2H3,(H,30,31,34). The minimum atomic E-state index is -0.416. The molecule has 0 aliphatic carbocycles. The molecule has 0 radical (unpaired) electrons. The molecule has 0 unspecified atom stereocenters. The van der Waals surface area contributed by atoms with Gasteiger partial charge in [0.2, 0.25) is 11.9 Å². The number of hydrogen-bond donors (Lipinski definition) is 1. The van der Waals surface area contributed by atoms with Gasteiger partial charge in [-0.3, -0.25) is 19.5 Å². The number of nitrogens with one attached hydrogen (secondary N) is 1. The number of aromatic nitrogens is 2. The van der Waals surface area contributed by atoms with Crippen molar-refractivity contribution in [3.63, 3.8) is 0 Å². The van der Waals surface area contributed by atoms with Crippen LogP contribution in [0.3, 0.4) is 0 Å². The molecule has 0 saturated heterocycles. The molecule has 0 fully saturated rings. The van der Waals surface area contributed by atoms with Gasteiger partial charge in [-0.2, -0.15) is 0 Å². The van der Waals surface area contributed by atoms with E-state index in [0.717, 1.165) is 11.1 Å². The second-order valence-corrected chi connectivity index (χ2v) is 8.05. The van der Waals surface area contributed by atoms with Gasteiger partial charge in [0.25, 0.3) is 5.91 Å². The quantitative estimate of drug-likeness (QED) is 0.359. The summed E-state index contributed by atoms with van der Waals surface area (Å²) in [6.45, 7) is 5.67. The van der Waals surface area contributed by atoms with Gasteiger partial charge in [-0.15, -0.1) is 6.58 Å². The molecule has 0 aliphatic heterocycles. The fourth-order valence-electron chi connectivity index (χ4n) is 3.61. The van der Waals surface area contributed by atoms with Crippen LogP contribution in [0.25, 0.3) is 16.9 Å². The highest BCUT2D eigenvalue weighted by Crippen LogP contribution is 2.24. The number of amides is 2. The number of benzene rings is 3. The minimum Gasteiger partial charge on any atom is -0.326 e. The topological polar surface area (TPSA) is 67.2 Å². The number of nitrogens with zero attached hydrogens (tertiary/aromatic N) is 3. The van der Waals surface area contributed by atoms with Gasteiger partial charge < -0.3 is 4.90 Å².